The first-order chi connectivity index (χ1) is 10.7. The van der Waals surface area contributed by atoms with Gasteiger partial charge >= 0.3 is 5.97 Å². The van der Waals surface area contributed by atoms with Crippen molar-refractivity contribution in [2.45, 2.75) is 13.2 Å². The maximum absolute atomic E-state index is 12.0. The SMILES string of the molecule is COCc1nc(C(=O)OCc2cc(OC)ccc2OC)cs1. The molecule has 0 aliphatic rings. The van der Waals surface area contributed by atoms with Crippen LogP contribution in [0, 0.1) is 0 Å². The van der Waals surface area contributed by atoms with Gasteiger partial charge in [0.2, 0.25) is 0 Å². The fourth-order valence-corrected chi connectivity index (χ4v) is 2.54. The van der Waals surface area contributed by atoms with Gasteiger partial charge in [-0.15, -0.1) is 11.3 Å². The molecule has 0 amide bonds. The number of nitrogens with zero attached hydrogens (tertiary/aromatic N) is 1. The molecule has 0 aliphatic carbocycles. The lowest BCUT2D eigenvalue weighted by molar-refractivity contribution is 0.0463. The number of carbonyl (C=O) groups excluding carboxylic acids is 1. The summed E-state index contributed by atoms with van der Waals surface area (Å²) in [6.45, 7) is 0.456. The van der Waals surface area contributed by atoms with Crippen LogP contribution in [0.4, 0.5) is 0 Å². The number of hydrogen-bond acceptors (Lipinski definition) is 7. The van der Waals surface area contributed by atoms with Gasteiger partial charge in [0.25, 0.3) is 0 Å². The third-order valence-corrected chi connectivity index (χ3v) is 3.70. The summed E-state index contributed by atoms with van der Waals surface area (Å²) in [5.74, 6) is 0.818. The van der Waals surface area contributed by atoms with Gasteiger partial charge in [-0.2, -0.15) is 0 Å². The molecule has 0 fully saturated rings. The van der Waals surface area contributed by atoms with E-state index in [4.69, 9.17) is 18.9 Å². The Kier molecular flexibility index (Phi) is 5.74. The Morgan fingerprint density at radius 1 is 1.18 bits per heavy atom. The molecule has 7 heteroatoms. The summed E-state index contributed by atoms with van der Waals surface area (Å²) >= 11 is 1.36. The fourth-order valence-electron chi connectivity index (χ4n) is 1.81. The first kappa shape index (κ1) is 16.3. The molecule has 6 nitrogen and oxygen atoms in total. The lowest BCUT2D eigenvalue weighted by atomic mass is 10.2. The minimum Gasteiger partial charge on any atom is -0.497 e. The molecule has 2 aromatic rings. The quantitative estimate of drug-likeness (QED) is 0.730. The number of methoxy groups -OCH3 is 3. The molecule has 0 saturated carbocycles. The van der Waals surface area contributed by atoms with Crippen molar-refractivity contribution in [2.75, 3.05) is 21.3 Å². The molecule has 0 N–H and O–H groups in total. The Morgan fingerprint density at radius 3 is 2.68 bits per heavy atom. The maximum Gasteiger partial charge on any atom is 0.358 e. The van der Waals surface area contributed by atoms with Crippen molar-refractivity contribution in [3.05, 3.63) is 39.8 Å². The molecule has 0 saturated heterocycles. The Bertz CT molecular complexity index is 641. The number of hydrogen-bond donors (Lipinski definition) is 0. The molecule has 1 aromatic heterocycles. The Hall–Kier alpha value is -2.12. The molecule has 0 aliphatic heterocycles. The van der Waals surface area contributed by atoms with Crippen LogP contribution in [0.3, 0.4) is 0 Å². The molecular weight excluding hydrogens is 306 g/mol. The van der Waals surface area contributed by atoms with Crippen LogP contribution in [0.25, 0.3) is 0 Å². The second kappa shape index (κ2) is 7.77. The predicted molar refractivity (Wildman–Crippen MR) is 81.5 cm³/mol. The van der Waals surface area contributed by atoms with Gasteiger partial charge in [0, 0.05) is 18.1 Å². The van der Waals surface area contributed by atoms with Gasteiger partial charge in [-0.25, -0.2) is 9.78 Å². The lowest BCUT2D eigenvalue weighted by Crippen LogP contribution is -2.07. The highest BCUT2D eigenvalue weighted by Gasteiger charge is 2.14. The number of thiazole rings is 1. The van der Waals surface area contributed by atoms with Crippen molar-refractivity contribution >= 4 is 17.3 Å². The minimum atomic E-state index is -0.483. The lowest BCUT2D eigenvalue weighted by Gasteiger charge is -2.10. The smallest absolute Gasteiger partial charge is 0.358 e. The molecule has 1 heterocycles. The highest BCUT2D eigenvalue weighted by molar-refractivity contribution is 7.09. The molecule has 0 spiro atoms. The number of esters is 1. The van der Waals surface area contributed by atoms with E-state index in [-0.39, 0.29) is 12.3 Å². The van der Waals surface area contributed by atoms with Gasteiger partial charge in [0.15, 0.2) is 5.69 Å². The monoisotopic (exact) mass is 323 g/mol. The molecule has 0 atom stereocenters. The second-order valence-electron chi connectivity index (χ2n) is 4.31. The Morgan fingerprint density at radius 2 is 2.00 bits per heavy atom. The highest BCUT2D eigenvalue weighted by Crippen LogP contribution is 2.25. The van der Waals surface area contributed by atoms with E-state index in [2.05, 4.69) is 4.98 Å². The van der Waals surface area contributed by atoms with Crippen LogP contribution < -0.4 is 9.47 Å². The van der Waals surface area contributed by atoms with Crippen LogP contribution in [0.2, 0.25) is 0 Å². The third-order valence-electron chi connectivity index (χ3n) is 2.88. The van der Waals surface area contributed by atoms with Crippen LogP contribution >= 0.6 is 11.3 Å². The number of ether oxygens (including phenoxy) is 4. The molecule has 1 aromatic carbocycles. The zero-order valence-electron chi connectivity index (χ0n) is 12.6. The van der Waals surface area contributed by atoms with Crippen molar-refractivity contribution in [3.63, 3.8) is 0 Å². The van der Waals surface area contributed by atoms with Gasteiger partial charge in [-0.3, -0.25) is 0 Å². The van der Waals surface area contributed by atoms with E-state index in [0.29, 0.717) is 18.1 Å². The number of benzene rings is 1. The number of rotatable bonds is 7. The summed E-state index contributed by atoms with van der Waals surface area (Å²) in [5.41, 5.74) is 1.00. The van der Waals surface area contributed by atoms with Crippen molar-refractivity contribution in [3.8, 4) is 11.5 Å². The average molecular weight is 323 g/mol. The van der Waals surface area contributed by atoms with E-state index in [0.717, 1.165) is 10.6 Å². The van der Waals surface area contributed by atoms with Gasteiger partial charge in [0.05, 0.1) is 20.8 Å². The summed E-state index contributed by atoms with van der Waals surface area (Å²) in [4.78, 5) is 16.2. The topological polar surface area (TPSA) is 66.9 Å². The summed E-state index contributed by atoms with van der Waals surface area (Å²) in [5, 5.41) is 2.38. The average Bonchev–Trinajstić information content (AvgIpc) is 3.01. The number of carbonyl (C=O) groups is 1. The number of aromatic nitrogens is 1. The van der Waals surface area contributed by atoms with Crippen LogP contribution in [0.1, 0.15) is 21.1 Å². The minimum absolute atomic E-state index is 0.0797. The van der Waals surface area contributed by atoms with Crippen molar-refractivity contribution in [2.24, 2.45) is 0 Å². The zero-order chi connectivity index (χ0) is 15.9. The van der Waals surface area contributed by atoms with E-state index in [1.165, 1.54) is 11.3 Å². The molecule has 0 unspecified atom stereocenters. The van der Waals surface area contributed by atoms with E-state index < -0.39 is 5.97 Å². The largest absolute Gasteiger partial charge is 0.497 e. The van der Waals surface area contributed by atoms with Gasteiger partial charge in [-0.05, 0) is 18.2 Å². The van der Waals surface area contributed by atoms with Gasteiger partial charge < -0.3 is 18.9 Å². The van der Waals surface area contributed by atoms with E-state index in [1.54, 1.807) is 44.9 Å². The Labute approximate surface area is 132 Å². The molecule has 0 bridgehead atoms. The predicted octanol–water partition coefficient (Wildman–Crippen LogP) is 2.66. The molecule has 0 radical (unpaired) electrons. The normalized spacial score (nSPS) is 10.3. The third kappa shape index (κ3) is 3.96. The first-order valence-corrected chi connectivity index (χ1v) is 7.37. The van der Waals surface area contributed by atoms with E-state index in [1.807, 2.05) is 0 Å². The van der Waals surface area contributed by atoms with Crippen LogP contribution in [-0.4, -0.2) is 32.3 Å². The van der Waals surface area contributed by atoms with Crippen LogP contribution in [0.15, 0.2) is 23.6 Å². The second-order valence-corrected chi connectivity index (χ2v) is 5.26. The van der Waals surface area contributed by atoms with E-state index in [9.17, 15) is 4.79 Å². The van der Waals surface area contributed by atoms with Crippen molar-refractivity contribution in [1.82, 2.24) is 4.98 Å². The van der Waals surface area contributed by atoms with E-state index >= 15 is 0 Å². The van der Waals surface area contributed by atoms with Gasteiger partial charge in [-0.1, -0.05) is 0 Å². The molecule has 2 rings (SSSR count). The van der Waals surface area contributed by atoms with Gasteiger partial charge in [0.1, 0.15) is 23.1 Å². The summed E-state index contributed by atoms with van der Waals surface area (Å²) in [7, 11) is 4.71. The molecule has 22 heavy (non-hydrogen) atoms. The highest BCUT2D eigenvalue weighted by atomic mass is 32.1. The molecule has 118 valence electrons. The Balaban J connectivity index is 2.03. The summed E-state index contributed by atoms with van der Waals surface area (Å²) < 4.78 is 20.6. The van der Waals surface area contributed by atoms with Crippen LogP contribution in [0.5, 0.6) is 11.5 Å². The fraction of sp³-hybridized carbons (Fsp3) is 0.333. The van der Waals surface area contributed by atoms with Crippen molar-refractivity contribution < 1.29 is 23.7 Å². The maximum atomic E-state index is 12.0. The first-order valence-electron chi connectivity index (χ1n) is 6.49. The molecular formula is C15H17NO5S. The summed E-state index contributed by atoms with van der Waals surface area (Å²) in [6.07, 6.45) is 0. The van der Waals surface area contributed by atoms with Crippen molar-refractivity contribution in [1.29, 1.82) is 0 Å². The summed E-state index contributed by atoms with van der Waals surface area (Å²) in [6, 6.07) is 5.31. The zero-order valence-corrected chi connectivity index (χ0v) is 13.4. The van der Waals surface area contributed by atoms with Crippen LogP contribution in [-0.2, 0) is 22.7 Å². The standard InChI is InChI=1S/C15H17NO5S/c1-18-8-14-16-12(9-22-14)15(17)21-7-10-6-11(19-2)4-5-13(10)20-3/h4-6,9H,7-8H2,1-3H3.